The van der Waals surface area contributed by atoms with E-state index in [1.54, 1.807) is 78.5 Å². The van der Waals surface area contributed by atoms with Crippen LogP contribution in [0.15, 0.2) is 73.2 Å². The van der Waals surface area contributed by atoms with Crippen LogP contribution >= 0.6 is 11.6 Å². The lowest BCUT2D eigenvalue weighted by atomic mass is 10.1. The smallest absolute Gasteiger partial charge is 0.323 e. The molecule has 4 aromatic rings. The van der Waals surface area contributed by atoms with Gasteiger partial charge in [0.1, 0.15) is 5.82 Å². The second-order valence-electron chi connectivity index (χ2n) is 7.59. The summed E-state index contributed by atoms with van der Waals surface area (Å²) >= 11 is 5.86. The molecule has 0 fully saturated rings. The maximum absolute atomic E-state index is 13.2. The number of aromatic nitrogens is 4. The predicted octanol–water partition coefficient (Wildman–Crippen LogP) is 3.98. The maximum atomic E-state index is 13.2. The minimum absolute atomic E-state index is 0.146. The van der Waals surface area contributed by atoms with Gasteiger partial charge in [-0.25, -0.2) is 14.8 Å². The van der Waals surface area contributed by atoms with E-state index in [9.17, 15) is 14.7 Å². The molecule has 2 heterocycles. The molecule has 10 nitrogen and oxygen atoms in total. The van der Waals surface area contributed by atoms with Gasteiger partial charge < -0.3 is 21.1 Å². The number of nitrogens with zero attached hydrogens (tertiary/aromatic N) is 4. The molecule has 35 heavy (non-hydrogen) atoms. The Hall–Kier alpha value is -4.28. The van der Waals surface area contributed by atoms with E-state index in [2.05, 4.69) is 30.9 Å². The Morgan fingerprint density at radius 2 is 1.80 bits per heavy atom. The Labute approximate surface area is 206 Å². The van der Waals surface area contributed by atoms with Gasteiger partial charge in [-0.3, -0.25) is 9.36 Å². The lowest BCUT2D eigenvalue weighted by Gasteiger charge is -2.11. The Morgan fingerprint density at radius 3 is 2.57 bits per heavy atom. The summed E-state index contributed by atoms with van der Waals surface area (Å²) < 4.78 is 1.55. The first-order chi connectivity index (χ1) is 16.9. The molecule has 11 heteroatoms. The Bertz CT molecular complexity index is 1340. The zero-order valence-corrected chi connectivity index (χ0v) is 19.4. The summed E-state index contributed by atoms with van der Waals surface area (Å²) in [5.41, 5.74) is 1.35. The third-order valence-corrected chi connectivity index (χ3v) is 5.02. The number of rotatable bonds is 8. The molecule has 0 bridgehead atoms. The van der Waals surface area contributed by atoms with Gasteiger partial charge >= 0.3 is 6.03 Å². The second-order valence-corrected chi connectivity index (χ2v) is 8.02. The van der Waals surface area contributed by atoms with Gasteiger partial charge in [0.05, 0.1) is 6.10 Å². The Morgan fingerprint density at radius 1 is 1.03 bits per heavy atom. The number of anilines is 3. The number of aliphatic hydroxyl groups is 1. The van der Waals surface area contributed by atoms with E-state index < -0.39 is 12.1 Å². The fraction of sp³-hybridized carbons (Fsp3) is 0.125. The second kappa shape index (κ2) is 10.8. The minimum Gasteiger partial charge on any atom is -0.392 e. The van der Waals surface area contributed by atoms with Crippen LogP contribution in [0, 0.1) is 0 Å². The number of amides is 2. The van der Waals surface area contributed by atoms with Crippen molar-refractivity contribution in [1.82, 2.24) is 19.5 Å². The molecule has 2 aromatic heterocycles. The third kappa shape index (κ3) is 6.19. The van der Waals surface area contributed by atoms with Gasteiger partial charge in [-0.15, -0.1) is 0 Å². The summed E-state index contributed by atoms with van der Waals surface area (Å²) in [4.78, 5) is 38.3. The highest BCUT2D eigenvalue weighted by Gasteiger charge is 2.18. The number of aliphatic hydroxyl groups excluding tert-OH is 1. The average molecular weight is 492 g/mol. The monoisotopic (exact) mass is 491 g/mol. The van der Waals surface area contributed by atoms with Crippen molar-refractivity contribution < 1.29 is 14.7 Å². The van der Waals surface area contributed by atoms with Gasteiger partial charge in [0.15, 0.2) is 5.82 Å². The minimum atomic E-state index is -0.568. The summed E-state index contributed by atoms with van der Waals surface area (Å²) in [6, 6.07) is 14.4. The van der Waals surface area contributed by atoms with Crippen molar-refractivity contribution in [3.8, 4) is 5.82 Å². The number of hydrogen-bond donors (Lipinski definition) is 4. The van der Waals surface area contributed by atoms with Crippen molar-refractivity contribution in [3.63, 3.8) is 0 Å². The summed E-state index contributed by atoms with van der Waals surface area (Å²) in [5.74, 6) is 0.542. The number of ketones is 1. The van der Waals surface area contributed by atoms with Gasteiger partial charge in [0.25, 0.3) is 0 Å². The molecule has 2 aromatic carbocycles. The van der Waals surface area contributed by atoms with Crippen LogP contribution in [-0.2, 0) is 0 Å². The molecule has 0 aliphatic heterocycles. The van der Waals surface area contributed by atoms with Crippen LogP contribution in [0.5, 0.6) is 0 Å². The van der Waals surface area contributed by atoms with E-state index in [0.29, 0.717) is 33.7 Å². The van der Waals surface area contributed by atoms with Crippen LogP contribution in [0.1, 0.15) is 23.1 Å². The number of carbonyl (C=O) groups is 2. The lowest BCUT2D eigenvalue weighted by molar-refractivity contribution is 0.102. The van der Waals surface area contributed by atoms with E-state index in [0.717, 1.165) is 0 Å². The van der Waals surface area contributed by atoms with Gasteiger partial charge in [0.2, 0.25) is 11.7 Å². The average Bonchev–Trinajstić information content (AvgIpc) is 3.34. The molecule has 0 spiro atoms. The molecule has 0 aliphatic rings. The molecule has 4 N–H and O–H groups in total. The highest BCUT2D eigenvalue weighted by Crippen LogP contribution is 2.18. The van der Waals surface area contributed by atoms with E-state index in [1.807, 2.05) is 0 Å². The fourth-order valence-electron chi connectivity index (χ4n) is 3.16. The van der Waals surface area contributed by atoms with Crippen molar-refractivity contribution in [1.29, 1.82) is 0 Å². The van der Waals surface area contributed by atoms with Crippen molar-refractivity contribution in [3.05, 3.63) is 89.6 Å². The topological polar surface area (TPSA) is 134 Å². The van der Waals surface area contributed by atoms with Crippen molar-refractivity contribution in [2.45, 2.75) is 13.0 Å². The lowest BCUT2D eigenvalue weighted by Crippen LogP contribution is -2.19. The van der Waals surface area contributed by atoms with Gasteiger partial charge in [-0.05, 0) is 49.4 Å². The van der Waals surface area contributed by atoms with Gasteiger partial charge in [-0.1, -0.05) is 23.7 Å². The summed E-state index contributed by atoms with van der Waals surface area (Å²) in [7, 11) is 0. The highest BCUT2D eigenvalue weighted by molar-refractivity contribution is 6.30. The molecule has 0 aliphatic carbocycles. The molecule has 2 amide bonds. The summed E-state index contributed by atoms with van der Waals surface area (Å²) in [6.45, 7) is 1.93. The third-order valence-electron chi connectivity index (χ3n) is 4.77. The Balaban J connectivity index is 1.50. The fourth-order valence-corrected chi connectivity index (χ4v) is 3.28. The van der Waals surface area contributed by atoms with Crippen LogP contribution in [0.4, 0.5) is 22.1 Å². The maximum Gasteiger partial charge on any atom is 0.323 e. The molecular formula is C24H22ClN7O3. The van der Waals surface area contributed by atoms with Crippen LogP contribution in [0.25, 0.3) is 5.82 Å². The van der Waals surface area contributed by atoms with E-state index >= 15 is 0 Å². The standard InChI is InChI=1S/C24H22ClN7O3/c1-15(33)14-28-23-27-10-9-20(31-23)32-12-11-26-22(32)21(34)16-3-2-4-19(13-16)30-24(35)29-18-7-5-17(25)6-8-18/h2-13,15,33H,14H2,1H3,(H,27,28,31)(H2,29,30,35). The first kappa shape index (κ1) is 23.9. The first-order valence-corrected chi connectivity index (χ1v) is 11.0. The molecule has 178 valence electrons. The van der Waals surface area contributed by atoms with Crippen LogP contribution in [0.2, 0.25) is 5.02 Å². The van der Waals surface area contributed by atoms with Crippen LogP contribution in [0.3, 0.4) is 0 Å². The molecule has 1 atom stereocenters. The van der Waals surface area contributed by atoms with Crippen LogP contribution < -0.4 is 16.0 Å². The van der Waals surface area contributed by atoms with Gasteiger partial charge in [-0.2, -0.15) is 4.98 Å². The molecule has 1 unspecified atom stereocenters. The largest absolute Gasteiger partial charge is 0.392 e. The molecule has 0 saturated carbocycles. The number of imidazole rings is 1. The Kier molecular flexibility index (Phi) is 7.34. The number of nitrogens with one attached hydrogen (secondary N) is 3. The normalized spacial score (nSPS) is 11.5. The molecule has 0 radical (unpaired) electrons. The zero-order valence-electron chi connectivity index (χ0n) is 18.6. The van der Waals surface area contributed by atoms with Crippen LogP contribution in [-0.4, -0.2) is 49.1 Å². The number of hydrogen-bond acceptors (Lipinski definition) is 7. The quantitative estimate of drug-likeness (QED) is 0.274. The molecular weight excluding hydrogens is 470 g/mol. The number of halogens is 1. The van der Waals surface area contributed by atoms with E-state index in [1.165, 1.54) is 6.20 Å². The zero-order chi connectivity index (χ0) is 24.8. The molecule has 4 rings (SSSR count). The van der Waals surface area contributed by atoms with E-state index in [4.69, 9.17) is 11.6 Å². The number of benzene rings is 2. The summed E-state index contributed by atoms with van der Waals surface area (Å²) in [6.07, 6.45) is 4.10. The van der Waals surface area contributed by atoms with Gasteiger partial charge in [0, 0.05) is 47.1 Å². The van der Waals surface area contributed by atoms with Crippen molar-refractivity contribution >= 4 is 40.7 Å². The SMILES string of the molecule is CC(O)CNc1nccc(-n2ccnc2C(=O)c2cccc(NC(=O)Nc3ccc(Cl)cc3)c2)n1. The molecule has 0 saturated heterocycles. The number of urea groups is 1. The first-order valence-electron chi connectivity index (χ1n) is 10.7. The highest BCUT2D eigenvalue weighted by atomic mass is 35.5. The van der Waals surface area contributed by atoms with E-state index in [-0.39, 0.29) is 18.2 Å². The number of carbonyl (C=O) groups excluding carboxylic acids is 2. The van der Waals surface area contributed by atoms with Crippen molar-refractivity contribution in [2.24, 2.45) is 0 Å². The van der Waals surface area contributed by atoms with Crippen molar-refractivity contribution in [2.75, 3.05) is 22.5 Å². The predicted molar refractivity (Wildman–Crippen MR) is 133 cm³/mol. The summed E-state index contributed by atoms with van der Waals surface area (Å²) in [5, 5.41) is 18.4.